The van der Waals surface area contributed by atoms with Crippen molar-refractivity contribution in [3.8, 4) is 17.1 Å². The number of para-hydroxylation sites is 1. The number of nitrogens with one attached hydrogen (secondary N) is 1. The van der Waals surface area contributed by atoms with Crippen molar-refractivity contribution in [2.75, 3.05) is 6.61 Å². The highest BCUT2D eigenvalue weighted by Crippen LogP contribution is 2.28. The highest BCUT2D eigenvalue weighted by Gasteiger charge is 2.09. The monoisotopic (exact) mass is 235 g/mol. The molecule has 92 valence electrons. The smallest absolute Gasteiger partial charge is 0.280 e. The molecule has 4 heteroatoms. The molecule has 1 heterocycles. The molecule has 2 rings (SSSR count). The molecule has 0 aliphatic rings. The van der Waals surface area contributed by atoms with Crippen LogP contribution in [0, 0.1) is 0 Å². The summed E-state index contributed by atoms with van der Waals surface area (Å²) in [7, 11) is 0. The average molecular weight is 235 g/mol. The first-order valence-corrected chi connectivity index (χ1v) is 5.72. The predicted octanol–water partition coefficient (Wildman–Crippen LogP) is 3.06. The van der Waals surface area contributed by atoms with Crippen LogP contribution in [-0.4, -0.2) is 11.8 Å². The summed E-state index contributed by atoms with van der Waals surface area (Å²) in [6, 6.07) is 8.82. The highest BCUT2D eigenvalue weighted by atomic mass is 16.5. The Morgan fingerprint density at radius 1 is 1.29 bits per heavy atom. The van der Waals surface area contributed by atoms with E-state index in [0.717, 1.165) is 5.56 Å². The van der Waals surface area contributed by atoms with Crippen LogP contribution in [0.1, 0.15) is 20.8 Å². The minimum absolute atomic E-state index is 0.253. The van der Waals surface area contributed by atoms with Crippen LogP contribution in [0.4, 0.5) is 0 Å². The van der Waals surface area contributed by atoms with Crippen LogP contribution in [0.2, 0.25) is 0 Å². The van der Waals surface area contributed by atoms with Gasteiger partial charge in [-0.1, -0.05) is 26.0 Å². The average Bonchev–Trinajstić information content (AvgIpc) is 2.79. The van der Waals surface area contributed by atoms with Crippen molar-refractivity contribution in [2.24, 2.45) is 0 Å². The van der Waals surface area contributed by atoms with Crippen LogP contribution in [0.15, 0.2) is 39.6 Å². The second-order valence-corrected chi connectivity index (χ2v) is 3.01. The van der Waals surface area contributed by atoms with Gasteiger partial charge in [0.05, 0.1) is 18.2 Å². The van der Waals surface area contributed by atoms with E-state index in [4.69, 9.17) is 9.26 Å². The first-order valence-electron chi connectivity index (χ1n) is 5.72. The largest absolute Gasteiger partial charge is 0.493 e. The quantitative estimate of drug-likeness (QED) is 0.889. The van der Waals surface area contributed by atoms with Crippen molar-refractivity contribution in [1.82, 2.24) is 5.16 Å². The number of benzene rings is 1. The number of rotatable bonds is 3. The Labute approximate surface area is 100 Å². The van der Waals surface area contributed by atoms with E-state index in [-0.39, 0.29) is 5.56 Å². The second kappa shape index (κ2) is 6.58. The molecule has 1 N–H and O–H groups in total. The zero-order valence-corrected chi connectivity index (χ0v) is 10.3. The lowest BCUT2D eigenvalue weighted by atomic mass is 10.1. The maximum Gasteiger partial charge on any atom is 0.280 e. The standard InChI is InChI=1S/C11H11NO3.C2H6/c1-2-14-9-6-4-3-5-8(9)10-7-11(13)12-15-10;1-2/h3-7H,2H2,1H3,(H,12,13);1-2H3. The van der Waals surface area contributed by atoms with E-state index in [9.17, 15) is 4.79 Å². The summed E-state index contributed by atoms with van der Waals surface area (Å²) in [5, 5.41) is 2.25. The lowest BCUT2D eigenvalue weighted by Crippen LogP contribution is -1.94. The van der Waals surface area contributed by atoms with Crippen LogP contribution in [0.25, 0.3) is 11.3 Å². The third-order valence-electron chi connectivity index (χ3n) is 1.98. The number of aromatic amines is 1. The van der Waals surface area contributed by atoms with Crippen LogP contribution in [0.5, 0.6) is 5.75 Å². The SMILES string of the molecule is CC.CCOc1ccccc1-c1cc(=O)[nH]o1. The van der Waals surface area contributed by atoms with E-state index in [0.29, 0.717) is 18.1 Å². The predicted molar refractivity (Wildman–Crippen MR) is 67.3 cm³/mol. The number of hydrogen-bond donors (Lipinski definition) is 1. The van der Waals surface area contributed by atoms with Gasteiger partial charge >= 0.3 is 0 Å². The van der Waals surface area contributed by atoms with E-state index in [1.165, 1.54) is 6.07 Å². The summed E-state index contributed by atoms with van der Waals surface area (Å²) in [6.45, 7) is 6.48. The van der Waals surface area contributed by atoms with E-state index in [2.05, 4.69) is 5.16 Å². The minimum atomic E-state index is -0.253. The van der Waals surface area contributed by atoms with E-state index >= 15 is 0 Å². The Balaban J connectivity index is 0.000000686. The molecule has 2 aromatic rings. The van der Waals surface area contributed by atoms with Crippen molar-refractivity contribution in [1.29, 1.82) is 0 Å². The van der Waals surface area contributed by atoms with Crippen molar-refractivity contribution in [3.05, 3.63) is 40.7 Å². The van der Waals surface area contributed by atoms with E-state index < -0.39 is 0 Å². The zero-order chi connectivity index (χ0) is 12.7. The Bertz CT molecular complexity index is 499. The Morgan fingerprint density at radius 3 is 2.59 bits per heavy atom. The van der Waals surface area contributed by atoms with Crippen LogP contribution < -0.4 is 10.3 Å². The molecule has 1 aromatic carbocycles. The molecule has 0 unspecified atom stereocenters. The van der Waals surface area contributed by atoms with Gasteiger partial charge in [0.15, 0.2) is 5.76 Å². The first-order chi connectivity index (χ1) is 8.31. The molecular weight excluding hydrogens is 218 g/mol. The van der Waals surface area contributed by atoms with Gasteiger partial charge in [0.2, 0.25) is 0 Å². The second-order valence-electron chi connectivity index (χ2n) is 3.01. The van der Waals surface area contributed by atoms with Crippen LogP contribution >= 0.6 is 0 Å². The summed E-state index contributed by atoms with van der Waals surface area (Å²) in [4.78, 5) is 10.9. The fourth-order valence-electron chi connectivity index (χ4n) is 1.37. The normalized spacial score (nSPS) is 9.35. The third kappa shape index (κ3) is 3.24. The summed E-state index contributed by atoms with van der Waals surface area (Å²) < 4.78 is 10.4. The lowest BCUT2D eigenvalue weighted by molar-refractivity contribution is 0.339. The molecular formula is C13H17NO3. The molecule has 0 radical (unpaired) electrons. The van der Waals surface area contributed by atoms with E-state index in [1.54, 1.807) is 0 Å². The Hall–Kier alpha value is -1.97. The Kier molecular flexibility index (Phi) is 5.07. The van der Waals surface area contributed by atoms with Gasteiger partial charge in [-0.25, -0.2) is 0 Å². The molecule has 0 amide bonds. The maximum absolute atomic E-state index is 10.9. The molecule has 0 saturated heterocycles. The number of hydrogen-bond acceptors (Lipinski definition) is 3. The van der Waals surface area contributed by atoms with Crippen molar-refractivity contribution >= 4 is 0 Å². The fraction of sp³-hybridized carbons (Fsp3) is 0.308. The summed E-state index contributed by atoms with van der Waals surface area (Å²) in [5.41, 5.74) is 0.522. The minimum Gasteiger partial charge on any atom is -0.493 e. The highest BCUT2D eigenvalue weighted by molar-refractivity contribution is 5.65. The van der Waals surface area contributed by atoms with Gasteiger partial charge in [-0.05, 0) is 19.1 Å². The van der Waals surface area contributed by atoms with E-state index in [1.807, 2.05) is 45.0 Å². The number of ether oxygens (including phenoxy) is 1. The number of H-pyrrole nitrogens is 1. The van der Waals surface area contributed by atoms with Gasteiger partial charge in [-0.2, -0.15) is 5.16 Å². The molecule has 4 nitrogen and oxygen atoms in total. The van der Waals surface area contributed by atoms with Gasteiger partial charge in [0, 0.05) is 0 Å². The maximum atomic E-state index is 10.9. The lowest BCUT2D eigenvalue weighted by Gasteiger charge is -2.06. The van der Waals surface area contributed by atoms with Crippen LogP contribution in [-0.2, 0) is 0 Å². The summed E-state index contributed by atoms with van der Waals surface area (Å²) >= 11 is 0. The molecule has 0 saturated carbocycles. The van der Waals surface area contributed by atoms with Gasteiger partial charge in [0.1, 0.15) is 5.75 Å². The van der Waals surface area contributed by atoms with Gasteiger partial charge in [-0.15, -0.1) is 0 Å². The molecule has 0 atom stereocenters. The topological polar surface area (TPSA) is 55.2 Å². The third-order valence-corrected chi connectivity index (χ3v) is 1.98. The molecule has 17 heavy (non-hydrogen) atoms. The van der Waals surface area contributed by atoms with Gasteiger partial charge in [0.25, 0.3) is 5.56 Å². The summed E-state index contributed by atoms with van der Waals surface area (Å²) in [5.74, 6) is 1.20. The Morgan fingerprint density at radius 2 is 2.00 bits per heavy atom. The van der Waals surface area contributed by atoms with Crippen molar-refractivity contribution < 1.29 is 9.26 Å². The van der Waals surface area contributed by atoms with Crippen LogP contribution in [0.3, 0.4) is 0 Å². The fourth-order valence-corrected chi connectivity index (χ4v) is 1.37. The molecule has 0 aliphatic heterocycles. The van der Waals surface area contributed by atoms with Crippen molar-refractivity contribution in [2.45, 2.75) is 20.8 Å². The van der Waals surface area contributed by atoms with Gasteiger partial charge < -0.3 is 9.26 Å². The van der Waals surface area contributed by atoms with Crippen molar-refractivity contribution in [3.63, 3.8) is 0 Å². The molecule has 0 spiro atoms. The molecule has 0 bridgehead atoms. The molecule has 0 fully saturated rings. The zero-order valence-electron chi connectivity index (χ0n) is 10.3. The number of aromatic nitrogens is 1. The summed E-state index contributed by atoms with van der Waals surface area (Å²) in [6.07, 6.45) is 0. The molecule has 1 aromatic heterocycles. The first kappa shape index (κ1) is 13.1. The molecule has 0 aliphatic carbocycles. The van der Waals surface area contributed by atoms with Gasteiger partial charge in [-0.3, -0.25) is 4.79 Å².